The van der Waals surface area contributed by atoms with E-state index in [0.29, 0.717) is 0 Å². The summed E-state index contributed by atoms with van der Waals surface area (Å²) >= 11 is 0. The van der Waals surface area contributed by atoms with E-state index in [0.717, 1.165) is 16.0 Å². The quantitative estimate of drug-likeness (QED) is 0.825. The Morgan fingerprint density at radius 3 is 2.23 bits per heavy atom. The molecule has 0 radical (unpaired) electrons. The smallest absolute Gasteiger partial charge is 0.368 e. The van der Waals surface area contributed by atoms with Gasteiger partial charge in [-0.05, 0) is 48.9 Å². The van der Waals surface area contributed by atoms with Gasteiger partial charge in [0, 0.05) is 17.8 Å². The van der Waals surface area contributed by atoms with Gasteiger partial charge in [-0.25, -0.2) is 0 Å². The molecule has 0 unspecified atom stereocenters. The lowest BCUT2D eigenvalue weighted by molar-refractivity contribution is -0.235. The van der Waals surface area contributed by atoms with Crippen LogP contribution >= 0.6 is 0 Å². The van der Waals surface area contributed by atoms with E-state index >= 15 is 0 Å². The van der Waals surface area contributed by atoms with Gasteiger partial charge in [0.15, 0.2) is 5.78 Å². The van der Waals surface area contributed by atoms with Crippen molar-refractivity contribution in [2.45, 2.75) is 52.3 Å². The Hall–Kier alpha value is -2.15. The van der Waals surface area contributed by atoms with Crippen LogP contribution in [0, 0.1) is 19.3 Å². The first kappa shape index (κ1) is 18.6. The largest absolute Gasteiger partial charge is 0.430 e. The highest BCUT2D eigenvalue weighted by atomic mass is 19.4. The van der Waals surface area contributed by atoms with Crippen LogP contribution in [0.2, 0.25) is 0 Å². The second kappa shape index (κ2) is 5.42. The molecule has 1 aliphatic carbocycles. The van der Waals surface area contributed by atoms with Gasteiger partial charge < -0.3 is 5.11 Å². The minimum atomic E-state index is -5.28. The summed E-state index contributed by atoms with van der Waals surface area (Å²) in [5, 5.41) is 10.4. The number of rotatable bonds is 1. The van der Waals surface area contributed by atoms with Crippen LogP contribution < -0.4 is 4.90 Å². The molecule has 0 fully saturated rings. The minimum absolute atomic E-state index is 0.0562. The third-order valence-corrected chi connectivity index (χ3v) is 5.16. The number of halogens is 3. The second-order valence-electron chi connectivity index (χ2n) is 7.88. The highest BCUT2D eigenvalue weighted by Gasteiger charge is 2.70. The van der Waals surface area contributed by atoms with E-state index in [1.54, 1.807) is 32.9 Å². The van der Waals surface area contributed by atoms with Crippen molar-refractivity contribution in [3.05, 3.63) is 40.6 Å². The Kier molecular flexibility index (Phi) is 3.89. The third-order valence-electron chi connectivity index (χ3n) is 5.16. The topological polar surface area (TPSA) is 57.6 Å². The minimum Gasteiger partial charge on any atom is -0.368 e. The summed E-state index contributed by atoms with van der Waals surface area (Å²) < 4.78 is 41.0. The molecular formula is C19H20F3NO3. The number of carbonyl (C=O) groups excluding carboxylic acids is 2. The summed E-state index contributed by atoms with van der Waals surface area (Å²) in [6.45, 7) is 7.13. The number of carbonyl (C=O) groups is 2. The molecule has 2 aliphatic rings. The molecule has 1 aromatic carbocycles. The SMILES string of the molecule is Cc1ccc(N2C(=O)[C@](O)(C(F)(F)F)C3=C2CC(C)(C)CC3=O)cc1C. The number of aryl methyl sites for hydroxylation is 2. The number of hydrogen-bond donors (Lipinski definition) is 1. The summed E-state index contributed by atoms with van der Waals surface area (Å²) in [5.41, 5.74) is -3.36. The standard InChI is InChI=1S/C19H20F3NO3/c1-10-5-6-12(7-11(10)2)23-13-8-17(3,4)9-14(24)15(13)18(26,16(23)25)19(20,21)22/h5-7,26H,8-9H2,1-4H3/t18-/m0/s1. The molecule has 1 aromatic rings. The molecule has 1 atom stereocenters. The van der Waals surface area contributed by atoms with E-state index in [9.17, 15) is 27.9 Å². The van der Waals surface area contributed by atoms with Gasteiger partial charge in [0.2, 0.25) is 0 Å². The summed E-state index contributed by atoms with van der Waals surface area (Å²) in [4.78, 5) is 26.1. The van der Waals surface area contributed by atoms with Crippen LogP contribution in [0.5, 0.6) is 0 Å². The molecule has 7 heteroatoms. The summed E-state index contributed by atoms with van der Waals surface area (Å²) in [7, 11) is 0. The van der Waals surface area contributed by atoms with Crippen molar-refractivity contribution in [3.63, 3.8) is 0 Å². The van der Waals surface area contributed by atoms with Gasteiger partial charge in [-0.15, -0.1) is 0 Å². The first-order chi connectivity index (χ1) is 11.8. The van der Waals surface area contributed by atoms with Crippen molar-refractivity contribution in [1.29, 1.82) is 0 Å². The first-order valence-electron chi connectivity index (χ1n) is 8.27. The molecular weight excluding hydrogens is 347 g/mol. The number of aliphatic hydroxyl groups is 1. The second-order valence-corrected chi connectivity index (χ2v) is 7.88. The molecule has 1 amide bonds. The Balaban J connectivity index is 2.27. The van der Waals surface area contributed by atoms with Crippen molar-refractivity contribution < 1.29 is 27.9 Å². The first-order valence-corrected chi connectivity index (χ1v) is 8.27. The van der Waals surface area contributed by atoms with Crippen LogP contribution in [0.15, 0.2) is 29.5 Å². The molecule has 4 nitrogen and oxygen atoms in total. The monoisotopic (exact) mass is 367 g/mol. The van der Waals surface area contributed by atoms with E-state index in [1.807, 2.05) is 6.92 Å². The van der Waals surface area contributed by atoms with Gasteiger partial charge in [-0.2, -0.15) is 13.2 Å². The number of amides is 1. The van der Waals surface area contributed by atoms with Crippen LogP contribution in [0.25, 0.3) is 0 Å². The molecule has 0 bridgehead atoms. The Morgan fingerprint density at radius 2 is 1.69 bits per heavy atom. The zero-order valence-electron chi connectivity index (χ0n) is 15.0. The summed E-state index contributed by atoms with van der Waals surface area (Å²) in [5.74, 6) is -2.37. The maximum Gasteiger partial charge on any atom is 0.430 e. The maximum atomic E-state index is 13.7. The van der Waals surface area contributed by atoms with E-state index in [4.69, 9.17) is 0 Å². The number of ketones is 1. The zero-order chi connectivity index (χ0) is 19.7. The van der Waals surface area contributed by atoms with Crippen molar-refractivity contribution in [2.75, 3.05) is 4.90 Å². The fourth-order valence-electron chi connectivity index (χ4n) is 3.68. The van der Waals surface area contributed by atoms with Crippen molar-refractivity contribution in [3.8, 4) is 0 Å². The predicted octanol–water partition coefficient (Wildman–Crippen LogP) is 3.59. The number of hydrogen-bond acceptors (Lipinski definition) is 3. The van der Waals surface area contributed by atoms with Crippen LogP contribution in [-0.2, 0) is 9.59 Å². The number of benzene rings is 1. The molecule has 140 valence electrons. The molecule has 1 heterocycles. The van der Waals surface area contributed by atoms with Crippen molar-refractivity contribution in [1.82, 2.24) is 0 Å². The zero-order valence-corrected chi connectivity index (χ0v) is 15.0. The number of allylic oxidation sites excluding steroid dienone is 1. The Morgan fingerprint density at radius 1 is 1.08 bits per heavy atom. The molecule has 26 heavy (non-hydrogen) atoms. The maximum absolute atomic E-state index is 13.7. The van der Waals surface area contributed by atoms with Crippen LogP contribution in [0.4, 0.5) is 18.9 Å². The fourth-order valence-corrected chi connectivity index (χ4v) is 3.68. The summed E-state index contributed by atoms with van der Waals surface area (Å²) in [6, 6.07) is 4.81. The lowest BCUT2D eigenvalue weighted by Gasteiger charge is -2.33. The Labute approximate surface area is 149 Å². The third kappa shape index (κ3) is 2.48. The van der Waals surface area contributed by atoms with Gasteiger partial charge >= 0.3 is 6.18 Å². The van der Waals surface area contributed by atoms with E-state index < -0.39 is 34.5 Å². The molecule has 1 N–H and O–H groups in total. The normalized spacial score (nSPS) is 25.8. The average Bonchev–Trinajstić information content (AvgIpc) is 2.70. The van der Waals surface area contributed by atoms with Crippen LogP contribution in [0.3, 0.4) is 0 Å². The van der Waals surface area contributed by atoms with E-state index in [-0.39, 0.29) is 24.2 Å². The lowest BCUT2D eigenvalue weighted by Crippen LogP contribution is -2.55. The molecule has 3 rings (SSSR count). The van der Waals surface area contributed by atoms with Gasteiger partial charge in [0.05, 0.1) is 5.57 Å². The predicted molar refractivity (Wildman–Crippen MR) is 89.5 cm³/mol. The molecule has 0 aromatic heterocycles. The highest BCUT2D eigenvalue weighted by Crippen LogP contribution is 2.52. The Bertz CT molecular complexity index is 854. The lowest BCUT2D eigenvalue weighted by atomic mass is 9.73. The average molecular weight is 367 g/mol. The van der Waals surface area contributed by atoms with Crippen LogP contribution in [-0.4, -0.2) is 28.6 Å². The molecule has 0 saturated carbocycles. The molecule has 0 saturated heterocycles. The number of alkyl halides is 3. The summed E-state index contributed by atoms with van der Waals surface area (Å²) in [6.07, 6.45) is -5.35. The fraction of sp³-hybridized carbons (Fsp3) is 0.474. The molecule has 0 spiro atoms. The van der Waals surface area contributed by atoms with Crippen LogP contribution in [0.1, 0.15) is 37.8 Å². The van der Waals surface area contributed by atoms with Crippen molar-refractivity contribution in [2.24, 2.45) is 5.41 Å². The molecule has 1 aliphatic heterocycles. The number of Topliss-reactive ketones (excluding diaryl/α,β-unsaturated/α-hetero) is 1. The van der Waals surface area contributed by atoms with Gasteiger partial charge in [-0.3, -0.25) is 14.5 Å². The number of anilines is 1. The van der Waals surface area contributed by atoms with Crippen molar-refractivity contribution >= 4 is 17.4 Å². The van der Waals surface area contributed by atoms with Gasteiger partial charge in [-0.1, -0.05) is 19.9 Å². The van der Waals surface area contributed by atoms with E-state index in [2.05, 4.69) is 0 Å². The van der Waals surface area contributed by atoms with Gasteiger partial charge in [0.1, 0.15) is 0 Å². The number of nitrogens with zero attached hydrogens (tertiary/aromatic N) is 1. The highest BCUT2D eigenvalue weighted by molar-refractivity contribution is 6.18. The van der Waals surface area contributed by atoms with E-state index in [1.165, 1.54) is 6.07 Å². The van der Waals surface area contributed by atoms with Gasteiger partial charge in [0.25, 0.3) is 11.5 Å².